The largest absolute Gasteiger partial charge is 0.469 e. The maximum atomic E-state index is 13.5. The van der Waals surface area contributed by atoms with Gasteiger partial charge < -0.3 is 9.79 Å². The summed E-state index contributed by atoms with van der Waals surface area (Å²) in [6.07, 6.45) is -19.9. The van der Waals surface area contributed by atoms with Gasteiger partial charge in [0.25, 0.3) is 0 Å². The lowest BCUT2D eigenvalue weighted by Crippen LogP contribution is -2.77. The summed E-state index contributed by atoms with van der Waals surface area (Å²) in [5.41, 5.74) is -8.81. The molecular weight excluding hydrogens is 588 g/mol. The number of halogens is 19. The highest BCUT2D eigenvalue weighted by molar-refractivity contribution is 7.46. The fourth-order valence-electron chi connectivity index (χ4n) is 2.00. The molecule has 0 aliphatic carbocycles. The predicted molar refractivity (Wildman–Crippen MR) is 68.2 cm³/mol. The minimum atomic E-state index is -9.12. The summed E-state index contributed by atoms with van der Waals surface area (Å²) in [5, 5.41) is 0. The Morgan fingerprint density at radius 1 is 0.514 bits per heavy atom. The van der Waals surface area contributed by atoms with Crippen molar-refractivity contribution in [2.75, 3.05) is 6.61 Å². The molecule has 0 saturated heterocycles. The van der Waals surface area contributed by atoms with Crippen LogP contribution < -0.4 is 0 Å². The Kier molecular flexibility index (Phi) is 8.37. The molecule has 0 aliphatic heterocycles. The number of rotatable bonds is 10. The van der Waals surface area contributed by atoms with Gasteiger partial charge in [-0.3, -0.25) is 4.52 Å². The normalized spacial score (nSPS) is 16.6. The zero-order chi connectivity index (χ0) is 29.1. The second-order valence-electron chi connectivity index (χ2n) is 6.30. The van der Waals surface area contributed by atoms with Crippen LogP contribution in [0.2, 0.25) is 0 Å². The molecule has 0 heterocycles. The van der Waals surface area contributed by atoms with Crippen LogP contribution in [0.1, 0.15) is 6.42 Å². The van der Waals surface area contributed by atoms with Crippen molar-refractivity contribution in [2.45, 2.75) is 60.0 Å². The Hall–Kier alpha value is -1.22. The van der Waals surface area contributed by atoms with E-state index in [-0.39, 0.29) is 0 Å². The third kappa shape index (κ3) is 5.00. The van der Waals surface area contributed by atoms with Crippen LogP contribution in [0.15, 0.2) is 0 Å². The maximum absolute atomic E-state index is 13.5. The summed E-state index contributed by atoms with van der Waals surface area (Å²) < 4.78 is 261. The lowest BCUT2D eigenvalue weighted by Gasteiger charge is -2.45. The van der Waals surface area contributed by atoms with Crippen molar-refractivity contribution in [1.29, 1.82) is 0 Å². The van der Waals surface area contributed by atoms with Crippen LogP contribution >= 0.6 is 7.82 Å². The van der Waals surface area contributed by atoms with Crippen molar-refractivity contribution in [3.63, 3.8) is 0 Å². The highest BCUT2D eigenvalue weighted by Gasteiger charge is 2.98. The van der Waals surface area contributed by atoms with Gasteiger partial charge in [0.05, 0.1) is 6.61 Å². The van der Waals surface area contributed by atoms with Gasteiger partial charge in [0.15, 0.2) is 0 Å². The molecule has 4 nitrogen and oxygen atoms in total. The van der Waals surface area contributed by atoms with Crippen LogP contribution in [0.4, 0.5) is 83.4 Å². The second kappa shape index (κ2) is 8.67. The van der Waals surface area contributed by atoms with Gasteiger partial charge in [-0.05, 0) is 0 Å². The molecule has 0 saturated carbocycles. The summed E-state index contributed by atoms with van der Waals surface area (Å²) in [4.78, 5) is 16.2. The van der Waals surface area contributed by atoms with Gasteiger partial charge in [-0.15, -0.1) is 0 Å². The highest BCUT2D eigenvalue weighted by Crippen LogP contribution is 2.66. The lowest BCUT2D eigenvalue weighted by molar-refractivity contribution is -0.472. The molecule has 0 aromatic carbocycles. The van der Waals surface area contributed by atoms with Gasteiger partial charge in [-0.25, -0.2) is 8.96 Å². The van der Waals surface area contributed by atoms with Gasteiger partial charge >= 0.3 is 61.4 Å². The Morgan fingerprint density at radius 3 is 1.09 bits per heavy atom. The molecule has 24 heteroatoms. The first-order valence-corrected chi connectivity index (χ1v) is 9.03. The minimum Gasteiger partial charge on any atom is -0.303 e. The minimum absolute atomic E-state index is 2.46. The van der Waals surface area contributed by atoms with Gasteiger partial charge in [0, 0.05) is 6.42 Å². The molecule has 0 unspecified atom stereocenters. The standard InChI is InChI=1S/C11H6F19O4P/c12-3(13,1-2-34-35(31,32)33)5(15,16)7(19,20)9(23,24)8(21,22)6(17,18)4(14,10(25,26)27)11(28,29)30/h1-2H2,(H2,31,32,33). The smallest absolute Gasteiger partial charge is 0.303 e. The summed E-state index contributed by atoms with van der Waals surface area (Å²) in [5.74, 6) is -50.9. The monoisotopic (exact) mass is 594 g/mol. The van der Waals surface area contributed by atoms with Crippen molar-refractivity contribution in [3.8, 4) is 0 Å². The first kappa shape index (κ1) is 33.8. The fraction of sp³-hybridized carbons (Fsp3) is 1.00. The summed E-state index contributed by atoms with van der Waals surface area (Å²) >= 11 is 0. The molecule has 2 N–H and O–H groups in total. The first-order chi connectivity index (χ1) is 14.7. The lowest BCUT2D eigenvalue weighted by atomic mass is 9.83. The molecule has 0 aromatic rings. The van der Waals surface area contributed by atoms with Crippen LogP contribution in [0.3, 0.4) is 0 Å². The van der Waals surface area contributed by atoms with E-state index in [1.807, 2.05) is 0 Å². The third-order valence-corrected chi connectivity index (χ3v) is 4.45. The fourth-order valence-corrected chi connectivity index (χ4v) is 2.33. The van der Waals surface area contributed by atoms with E-state index in [0.717, 1.165) is 0 Å². The summed E-state index contributed by atoms with van der Waals surface area (Å²) in [7, 11) is -5.86. The van der Waals surface area contributed by atoms with Crippen LogP contribution in [-0.4, -0.2) is 70.0 Å². The van der Waals surface area contributed by atoms with Crippen LogP contribution in [-0.2, 0) is 9.09 Å². The van der Waals surface area contributed by atoms with Gasteiger partial charge in [-0.2, -0.15) is 79.0 Å². The zero-order valence-electron chi connectivity index (χ0n) is 15.3. The molecule has 0 rings (SSSR count). The molecule has 0 bridgehead atoms. The van der Waals surface area contributed by atoms with E-state index in [1.165, 1.54) is 0 Å². The Labute approximate surface area is 178 Å². The maximum Gasteiger partial charge on any atom is 0.469 e. The van der Waals surface area contributed by atoms with E-state index < -0.39 is 74.4 Å². The second-order valence-corrected chi connectivity index (χ2v) is 7.54. The first-order valence-electron chi connectivity index (χ1n) is 7.50. The van der Waals surface area contributed by atoms with E-state index in [4.69, 9.17) is 9.79 Å². The van der Waals surface area contributed by atoms with Crippen LogP contribution in [0.25, 0.3) is 0 Å². The molecule has 0 fully saturated rings. The Bertz CT molecular complexity index is 795. The van der Waals surface area contributed by atoms with Gasteiger partial charge in [-0.1, -0.05) is 0 Å². The number of hydrogen-bond donors (Lipinski definition) is 2. The molecule has 0 aliphatic rings. The van der Waals surface area contributed by atoms with Crippen molar-refractivity contribution in [2.24, 2.45) is 0 Å². The van der Waals surface area contributed by atoms with E-state index >= 15 is 0 Å². The number of alkyl halides is 19. The summed E-state index contributed by atoms with van der Waals surface area (Å²) in [6, 6.07) is 0. The van der Waals surface area contributed by atoms with E-state index in [9.17, 15) is 88.0 Å². The third-order valence-electron chi connectivity index (χ3n) is 3.93. The molecule has 0 amide bonds. The number of phosphoric acid groups is 1. The number of phosphoric ester groups is 1. The summed E-state index contributed by atoms with van der Waals surface area (Å²) in [6.45, 7) is -2.46. The molecule has 0 atom stereocenters. The molecular formula is C11H6F19O4P. The zero-order valence-corrected chi connectivity index (χ0v) is 16.1. The average molecular weight is 594 g/mol. The SMILES string of the molecule is O=P(O)(O)OCCC(F)(F)C(F)(F)C(F)(F)C(F)(F)C(F)(F)C(F)(F)C(F)(C(F)(F)F)C(F)(F)F. The van der Waals surface area contributed by atoms with Gasteiger partial charge in [0.1, 0.15) is 0 Å². The van der Waals surface area contributed by atoms with Crippen molar-refractivity contribution in [1.82, 2.24) is 0 Å². The molecule has 35 heavy (non-hydrogen) atoms. The van der Waals surface area contributed by atoms with Gasteiger partial charge in [0.2, 0.25) is 0 Å². The topological polar surface area (TPSA) is 66.8 Å². The Morgan fingerprint density at radius 2 is 0.800 bits per heavy atom. The van der Waals surface area contributed by atoms with Crippen molar-refractivity contribution >= 4 is 7.82 Å². The number of hydrogen-bond acceptors (Lipinski definition) is 2. The molecule has 0 radical (unpaired) electrons. The Balaban J connectivity index is 6.81. The van der Waals surface area contributed by atoms with E-state index in [2.05, 4.69) is 4.52 Å². The average Bonchev–Trinajstić information content (AvgIpc) is 2.56. The van der Waals surface area contributed by atoms with Crippen molar-refractivity contribution < 1.29 is 102 Å². The quantitative estimate of drug-likeness (QED) is 0.236. The molecule has 0 aromatic heterocycles. The predicted octanol–water partition coefficient (Wildman–Crippen LogP) is 6.13. The van der Waals surface area contributed by atoms with E-state index in [0.29, 0.717) is 0 Å². The van der Waals surface area contributed by atoms with Crippen LogP contribution in [0.5, 0.6) is 0 Å². The molecule has 212 valence electrons. The van der Waals surface area contributed by atoms with E-state index in [1.54, 1.807) is 0 Å². The van der Waals surface area contributed by atoms with Crippen molar-refractivity contribution in [3.05, 3.63) is 0 Å². The van der Waals surface area contributed by atoms with Crippen LogP contribution in [0, 0.1) is 0 Å². The highest BCUT2D eigenvalue weighted by atomic mass is 31.2. The molecule has 0 spiro atoms.